The number of hydrazine groups is 2. The number of nitrogens with one attached hydrogen (secondary N) is 2. The zero-order valence-electron chi connectivity index (χ0n) is 3.28. The zero-order chi connectivity index (χ0) is 4.12. The molecule has 3 heteroatoms. The lowest BCUT2D eigenvalue weighted by atomic mass is 10.8. The molecule has 32 valence electrons. The molecule has 0 aromatic rings. The molecule has 0 rings (SSSR count). The van der Waals surface area contributed by atoms with E-state index in [9.17, 15) is 0 Å². The molecule has 0 fully saturated rings. The third-order valence-electron chi connectivity index (χ3n) is 0.279. The van der Waals surface area contributed by atoms with E-state index in [1.165, 1.54) is 0 Å². The lowest BCUT2D eigenvalue weighted by molar-refractivity contribution is 0.576. The van der Waals surface area contributed by atoms with Gasteiger partial charge >= 0.3 is 0 Å². The van der Waals surface area contributed by atoms with Gasteiger partial charge in [0.25, 0.3) is 0 Å². The SMILES string of the molecule is CCNNN. The van der Waals surface area contributed by atoms with Crippen LogP contribution in [0.3, 0.4) is 0 Å². The number of nitrogens with two attached hydrogens (primary N) is 1. The standard InChI is InChI=1S/C2H9N3/c1-2-4-5-3/h4-5H,2-3H2,1H3. The molecule has 0 aliphatic rings. The maximum Gasteiger partial charge on any atom is 0.00845 e. The predicted molar refractivity (Wildman–Crippen MR) is 21.0 cm³/mol. The van der Waals surface area contributed by atoms with Gasteiger partial charge in [-0.1, -0.05) is 6.92 Å². The van der Waals surface area contributed by atoms with Crippen LogP contribution < -0.4 is 16.8 Å². The van der Waals surface area contributed by atoms with Crippen molar-refractivity contribution in [2.75, 3.05) is 6.54 Å². The second-order valence-electron chi connectivity index (χ2n) is 0.675. The molecule has 0 aromatic heterocycles. The van der Waals surface area contributed by atoms with Crippen LogP contribution >= 0.6 is 0 Å². The van der Waals surface area contributed by atoms with Gasteiger partial charge in [-0.05, 0) is 0 Å². The van der Waals surface area contributed by atoms with E-state index in [1.807, 2.05) is 6.92 Å². The topological polar surface area (TPSA) is 50.1 Å². The van der Waals surface area contributed by atoms with Crippen LogP contribution in [0.1, 0.15) is 6.92 Å². The molecule has 0 saturated heterocycles. The summed E-state index contributed by atoms with van der Waals surface area (Å²) in [5, 5.41) is 0. The number of hydrogen-bond donors (Lipinski definition) is 3. The van der Waals surface area contributed by atoms with E-state index >= 15 is 0 Å². The van der Waals surface area contributed by atoms with Gasteiger partial charge in [0.2, 0.25) is 0 Å². The van der Waals surface area contributed by atoms with Gasteiger partial charge in [0.1, 0.15) is 0 Å². The Hall–Kier alpha value is -0.120. The van der Waals surface area contributed by atoms with Crippen LogP contribution in [0.2, 0.25) is 0 Å². The summed E-state index contributed by atoms with van der Waals surface area (Å²) < 4.78 is 0. The maximum absolute atomic E-state index is 4.78. The minimum atomic E-state index is 0.858. The fraction of sp³-hybridized carbons (Fsp3) is 1.00. The van der Waals surface area contributed by atoms with Gasteiger partial charge in [-0.3, -0.25) is 5.84 Å². The molecule has 3 nitrogen and oxygen atoms in total. The molecule has 0 radical (unpaired) electrons. The Morgan fingerprint density at radius 3 is 2.40 bits per heavy atom. The molecule has 4 N–H and O–H groups in total. The summed E-state index contributed by atoms with van der Waals surface area (Å²) in [5.41, 5.74) is 4.91. The largest absolute Gasteiger partial charge is 0.258 e. The van der Waals surface area contributed by atoms with Gasteiger partial charge in [-0.2, -0.15) is 5.53 Å². The van der Waals surface area contributed by atoms with Crippen molar-refractivity contribution in [2.45, 2.75) is 6.92 Å². The van der Waals surface area contributed by atoms with Crippen LogP contribution in [-0.2, 0) is 0 Å². The zero-order valence-corrected chi connectivity index (χ0v) is 3.28. The first-order chi connectivity index (χ1) is 2.41. The van der Waals surface area contributed by atoms with Crippen LogP contribution in [-0.4, -0.2) is 6.54 Å². The first kappa shape index (κ1) is 4.88. The van der Waals surface area contributed by atoms with E-state index in [0.717, 1.165) is 6.54 Å². The molecule has 0 bridgehead atoms. The summed E-state index contributed by atoms with van der Waals surface area (Å²) in [7, 11) is 0. The highest BCUT2D eigenvalue weighted by Crippen LogP contribution is 1.34. The molecule has 0 heterocycles. The van der Waals surface area contributed by atoms with Gasteiger partial charge < -0.3 is 0 Å². The molecule has 0 amide bonds. The highest BCUT2D eigenvalue weighted by atomic mass is 15.5. The molecule has 0 atom stereocenters. The molecule has 0 saturated carbocycles. The lowest BCUT2D eigenvalue weighted by Crippen LogP contribution is -2.37. The molecule has 0 aromatic carbocycles. The summed E-state index contributed by atoms with van der Waals surface area (Å²) >= 11 is 0. The van der Waals surface area contributed by atoms with Crippen LogP contribution in [0, 0.1) is 0 Å². The smallest absolute Gasteiger partial charge is 0.00845 e. The second-order valence-corrected chi connectivity index (χ2v) is 0.675. The van der Waals surface area contributed by atoms with E-state index in [-0.39, 0.29) is 0 Å². The van der Waals surface area contributed by atoms with Crippen molar-refractivity contribution in [3.8, 4) is 0 Å². The molecule has 0 unspecified atom stereocenters. The first-order valence-electron chi connectivity index (χ1n) is 1.60. The third kappa shape index (κ3) is 3.88. The van der Waals surface area contributed by atoms with Gasteiger partial charge in [0, 0.05) is 6.54 Å². The van der Waals surface area contributed by atoms with Crippen molar-refractivity contribution in [2.24, 2.45) is 5.84 Å². The fourth-order valence-corrected chi connectivity index (χ4v) is 0.102. The fourth-order valence-electron chi connectivity index (χ4n) is 0.102. The van der Waals surface area contributed by atoms with Crippen molar-refractivity contribution in [3.05, 3.63) is 0 Å². The van der Waals surface area contributed by atoms with Crippen molar-refractivity contribution in [3.63, 3.8) is 0 Å². The van der Waals surface area contributed by atoms with E-state index < -0.39 is 0 Å². The van der Waals surface area contributed by atoms with E-state index in [0.29, 0.717) is 0 Å². The lowest BCUT2D eigenvalue weighted by Gasteiger charge is -1.90. The number of hydrogen-bond acceptors (Lipinski definition) is 3. The number of rotatable bonds is 2. The Morgan fingerprint density at radius 1 is 1.80 bits per heavy atom. The van der Waals surface area contributed by atoms with Crippen LogP contribution in [0.4, 0.5) is 0 Å². The average Bonchev–Trinajstić information content (AvgIpc) is 1.41. The molecular formula is C2H9N3. The van der Waals surface area contributed by atoms with Gasteiger partial charge in [0.05, 0.1) is 0 Å². The normalized spacial score (nSPS) is 8.40. The summed E-state index contributed by atoms with van der Waals surface area (Å²) in [4.78, 5) is 0. The van der Waals surface area contributed by atoms with Crippen LogP contribution in [0.5, 0.6) is 0 Å². The van der Waals surface area contributed by atoms with Crippen LogP contribution in [0.15, 0.2) is 0 Å². The quantitative estimate of drug-likeness (QED) is 0.291. The van der Waals surface area contributed by atoms with Crippen LogP contribution in [0.25, 0.3) is 0 Å². The predicted octanol–water partition coefficient (Wildman–Crippen LogP) is -1.03. The second kappa shape index (κ2) is 3.88. The van der Waals surface area contributed by atoms with Gasteiger partial charge in [0.15, 0.2) is 0 Å². The summed E-state index contributed by atoms with van der Waals surface area (Å²) in [6.07, 6.45) is 0. The minimum Gasteiger partial charge on any atom is -0.258 e. The van der Waals surface area contributed by atoms with Crippen molar-refractivity contribution in [1.29, 1.82) is 0 Å². The monoisotopic (exact) mass is 75.1 g/mol. The minimum absolute atomic E-state index is 0.858. The molecule has 0 spiro atoms. The Balaban J connectivity index is 2.19. The molecule has 5 heavy (non-hydrogen) atoms. The summed E-state index contributed by atoms with van der Waals surface area (Å²) in [5.74, 6) is 4.78. The molecular weight excluding hydrogens is 66.0 g/mol. The summed E-state index contributed by atoms with van der Waals surface area (Å²) in [6.45, 7) is 2.82. The van der Waals surface area contributed by atoms with Crippen molar-refractivity contribution in [1.82, 2.24) is 11.0 Å². The Morgan fingerprint density at radius 2 is 2.40 bits per heavy atom. The first-order valence-corrected chi connectivity index (χ1v) is 1.60. The van der Waals surface area contributed by atoms with E-state index in [4.69, 9.17) is 5.84 Å². The summed E-state index contributed by atoms with van der Waals surface area (Å²) in [6, 6.07) is 0. The van der Waals surface area contributed by atoms with Gasteiger partial charge in [-0.15, -0.1) is 0 Å². The third-order valence-corrected chi connectivity index (χ3v) is 0.279. The highest BCUT2D eigenvalue weighted by Gasteiger charge is 1.59. The van der Waals surface area contributed by atoms with Crippen molar-refractivity contribution >= 4 is 0 Å². The Bertz CT molecular complexity index is 12.4. The maximum atomic E-state index is 4.78. The van der Waals surface area contributed by atoms with E-state index in [1.54, 1.807) is 0 Å². The van der Waals surface area contributed by atoms with Gasteiger partial charge in [-0.25, -0.2) is 5.43 Å². The molecule has 0 aliphatic heterocycles. The highest BCUT2D eigenvalue weighted by molar-refractivity contribution is 4.15. The molecule has 0 aliphatic carbocycles. The Kier molecular flexibility index (Phi) is 3.79. The average molecular weight is 75.1 g/mol. The Labute approximate surface area is 31.5 Å². The van der Waals surface area contributed by atoms with E-state index in [2.05, 4.69) is 11.0 Å². The van der Waals surface area contributed by atoms with Crippen molar-refractivity contribution < 1.29 is 0 Å².